The summed E-state index contributed by atoms with van der Waals surface area (Å²) >= 11 is 0. The van der Waals surface area contributed by atoms with Gasteiger partial charge < -0.3 is 4.74 Å². The summed E-state index contributed by atoms with van der Waals surface area (Å²) in [7, 11) is 0. The average Bonchev–Trinajstić information content (AvgIpc) is 2.43. The fourth-order valence-electron chi connectivity index (χ4n) is 2.33. The first-order chi connectivity index (χ1) is 11.5. The summed E-state index contributed by atoms with van der Waals surface area (Å²) in [6.45, 7) is 12.3. The topological polar surface area (TPSA) is 73.2 Å². The summed E-state index contributed by atoms with van der Waals surface area (Å²) in [4.78, 5) is 29.3. The van der Waals surface area contributed by atoms with Crippen molar-refractivity contribution in [2.24, 2.45) is 5.41 Å². The molecule has 1 amide bonds. The Morgan fingerprint density at radius 1 is 1.20 bits per heavy atom. The number of aromatic nitrogens is 2. The highest BCUT2D eigenvalue weighted by Gasteiger charge is 2.18. The van der Waals surface area contributed by atoms with Crippen LogP contribution < -0.4 is 10.9 Å². The molecular formula is C19H27N3O3. The van der Waals surface area contributed by atoms with E-state index in [1.807, 2.05) is 0 Å². The quantitative estimate of drug-likeness (QED) is 0.905. The molecular weight excluding hydrogens is 318 g/mol. The highest BCUT2D eigenvalue weighted by molar-refractivity contribution is 5.98. The van der Waals surface area contributed by atoms with Crippen LogP contribution in [0.2, 0.25) is 0 Å². The lowest BCUT2D eigenvalue weighted by Gasteiger charge is -2.20. The molecule has 1 aromatic carbocycles. The number of carbonyl (C=O) groups is 1. The van der Waals surface area contributed by atoms with Gasteiger partial charge in [0.1, 0.15) is 5.60 Å². The third kappa shape index (κ3) is 5.31. The Morgan fingerprint density at radius 2 is 1.88 bits per heavy atom. The van der Waals surface area contributed by atoms with Crippen LogP contribution in [0.1, 0.15) is 48.0 Å². The summed E-state index contributed by atoms with van der Waals surface area (Å²) in [5.74, 6) is 0. The Bertz CT molecular complexity index is 826. The van der Waals surface area contributed by atoms with E-state index in [0.29, 0.717) is 23.1 Å². The molecule has 136 valence electrons. The maximum absolute atomic E-state index is 12.9. The molecule has 0 unspecified atom stereocenters. The Balaban J connectivity index is 2.38. The molecule has 6 nitrogen and oxygen atoms in total. The van der Waals surface area contributed by atoms with E-state index in [1.165, 1.54) is 0 Å². The van der Waals surface area contributed by atoms with Gasteiger partial charge in [0, 0.05) is 6.54 Å². The fourth-order valence-corrected chi connectivity index (χ4v) is 2.33. The number of fused-ring (bicyclic) bond motifs is 1. The van der Waals surface area contributed by atoms with Gasteiger partial charge in [-0.3, -0.25) is 14.7 Å². The van der Waals surface area contributed by atoms with Crippen LogP contribution in [0.5, 0.6) is 0 Å². The van der Waals surface area contributed by atoms with Gasteiger partial charge in [0.2, 0.25) is 0 Å². The van der Waals surface area contributed by atoms with Gasteiger partial charge in [-0.25, -0.2) is 9.78 Å². The Morgan fingerprint density at radius 3 is 2.48 bits per heavy atom. The number of nitrogens with zero attached hydrogens (tertiary/aromatic N) is 2. The molecule has 2 rings (SSSR count). The summed E-state index contributed by atoms with van der Waals surface area (Å²) in [5, 5.41) is 3.06. The zero-order valence-electron chi connectivity index (χ0n) is 15.8. The van der Waals surface area contributed by atoms with Gasteiger partial charge in [-0.05, 0) is 44.7 Å². The zero-order chi connectivity index (χ0) is 18.8. The minimum Gasteiger partial charge on any atom is -0.444 e. The third-order valence-electron chi connectivity index (χ3n) is 3.59. The standard InChI is InChI=1S/C19H27N3O3/c1-18(2,3)10-11-22-12-20-13-8-7-9-14(15(13)16(22)23)21-17(24)25-19(4,5)6/h7-9,12H,10-11H2,1-6H3,(H,21,24). The monoisotopic (exact) mass is 345 g/mol. The molecule has 25 heavy (non-hydrogen) atoms. The number of aryl methyl sites for hydroxylation is 1. The maximum Gasteiger partial charge on any atom is 0.412 e. The molecule has 1 N–H and O–H groups in total. The number of nitrogens with one attached hydrogen (secondary N) is 1. The van der Waals surface area contributed by atoms with Crippen LogP contribution in [-0.2, 0) is 11.3 Å². The van der Waals surface area contributed by atoms with E-state index >= 15 is 0 Å². The molecule has 0 aliphatic heterocycles. The minimum absolute atomic E-state index is 0.114. The van der Waals surface area contributed by atoms with Crippen molar-refractivity contribution in [3.8, 4) is 0 Å². The third-order valence-corrected chi connectivity index (χ3v) is 3.59. The van der Waals surface area contributed by atoms with Crippen LogP contribution >= 0.6 is 0 Å². The van der Waals surface area contributed by atoms with Crippen molar-refractivity contribution in [1.82, 2.24) is 9.55 Å². The largest absolute Gasteiger partial charge is 0.444 e. The SMILES string of the molecule is CC(C)(C)CCn1cnc2cccc(NC(=O)OC(C)(C)C)c2c1=O. The molecule has 0 fully saturated rings. The zero-order valence-corrected chi connectivity index (χ0v) is 15.8. The Hall–Kier alpha value is -2.37. The van der Waals surface area contributed by atoms with Gasteiger partial charge in [0.25, 0.3) is 5.56 Å². The normalized spacial score (nSPS) is 12.2. The van der Waals surface area contributed by atoms with Crippen LogP contribution in [0.15, 0.2) is 29.3 Å². The average molecular weight is 345 g/mol. The predicted octanol–water partition coefficient (Wildman–Crippen LogP) is 4.18. The van der Waals surface area contributed by atoms with E-state index < -0.39 is 11.7 Å². The number of benzene rings is 1. The Labute approximate surface area is 148 Å². The minimum atomic E-state index is -0.611. The fraction of sp³-hybridized carbons (Fsp3) is 0.526. The van der Waals surface area contributed by atoms with Crippen molar-refractivity contribution < 1.29 is 9.53 Å². The Kier molecular flexibility index (Phi) is 5.20. The number of carbonyl (C=O) groups excluding carboxylic acids is 1. The maximum atomic E-state index is 12.9. The van der Waals surface area contributed by atoms with E-state index in [4.69, 9.17) is 4.74 Å². The summed E-state index contributed by atoms with van der Waals surface area (Å²) in [5.41, 5.74) is 0.295. The van der Waals surface area contributed by atoms with E-state index in [-0.39, 0.29) is 11.0 Å². The van der Waals surface area contributed by atoms with Gasteiger partial charge >= 0.3 is 6.09 Å². The molecule has 0 aliphatic carbocycles. The molecule has 0 spiro atoms. The number of amides is 1. The second-order valence-electron chi connectivity index (χ2n) is 8.38. The molecule has 0 bridgehead atoms. The number of hydrogen-bond donors (Lipinski definition) is 1. The summed E-state index contributed by atoms with van der Waals surface area (Å²) in [6.07, 6.45) is 1.82. The lowest BCUT2D eigenvalue weighted by Crippen LogP contribution is -2.28. The van der Waals surface area contributed by atoms with Crippen LogP contribution in [0, 0.1) is 5.41 Å². The molecule has 0 atom stereocenters. The molecule has 1 heterocycles. The van der Waals surface area contributed by atoms with Crippen LogP contribution in [0.4, 0.5) is 10.5 Å². The molecule has 0 saturated carbocycles. The van der Waals surface area contributed by atoms with E-state index in [0.717, 1.165) is 6.42 Å². The van der Waals surface area contributed by atoms with Gasteiger partial charge in [-0.1, -0.05) is 26.8 Å². The smallest absolute Gasteiger partial charge is 0.412 e. The first-order valence-corrected chi connectivity index (χ1v) is 8.44. The number of hydrogen-bond acceptors (Lipinski definition) is 4. The molecule has 6 heteroatoms. The van der Waals surface area contributed by atoms with Gasteiger partial charge in [0.05, 0.1) is 22.9 Å². The van der Waals surface area contributed by atoms with Crippen molar-refractivity contribution in [2.75, 3.05) is 5.32 Å². The van der Waals surface area contributed by atoms with Gasteiger partial charge in [-0.15, -0.1) is 0 Å². The molecule has 1 aromatic heterocycles. The molecule has 0 saturated heterocycles. The second kappa shape index (κ2) is 6.86. The first-order valence-electron chi connectivity index (χ1n) is 8.44. The van der Waals surface area contributed by atoms with Crippen molar-refractivity contribution in [3.05, 3.63) is 34.9 Å². The van der Waals surface area contributed by atoms with Gasteiger partial charge in [-0.2, -0.15) is 0 Å². The van der Waals surface area contributed by atoms with Crippen molar-refractivity contribution in [3.63, 3.8) is 0 Å². The molecule has 2 aromatic rings. The number of anilines is 1. The number of rotatable bonds is 3. The highest BCUT2D eigenvalue weighted by Crippen LogP contribution is 2.21. The van der Waals surface area contributed by atoms with E-state index in [2.05, 4.69) is 31.1 Å². The summed E-state index contributed by atoms with van der Waals surface area (Å²) in [6, 6.07) is 5.19. The van der Waals surface area contributed by atoms with E-state index in [9.17, 15) is 9.59 Å². The number of ether oxygens (including phenoxy) is 1. The van der Waals surface area contributed by atoms with Crippen molar-refractivity contribution >= 4 is 22.7 Å². The van der Waals surface area contributed by atoms with Crippen LogP contribution in [0.3, 0.4) is 0 Å². The van der Waals surface area contributed by atoms with Crippen LogP contribution in [0.25, 0.3) is 10.9 Å². The molecule has 0 aliphatic rings. The van der Waals surface area contributed by atoms with Crippen molar-refractivity contribution in [1.29, 1.82) is 0 Å². The predicted molar refractivity (Wildman–Crippen MR) is 99.9 cm³/mol. The van der Waals surface area contributed by atoms with Gasteiger partial charge in [0.15, 0.2) is 0 Å². The molecule has 0 radical (unpaired) electrons. The first kappa shape index (κ1) is 19.0. The lowest BCUT2D eigenvalue weighted by molar-refractivity contribution is 0.0636. The van der Waals surface area contributed by atoms with E-state index in [1.54, 1.807) is 49.9 Å². The lowest BCUT2D eigenvalue weighted by atomic mass is 9.92. The highest BCUT2D eigenvalue weighted by atomic mass is 16.6. The van der Waals surface area contributed by atoms with Crippen molar-refractivity contribution in [2.45, 2.75) is 60.1 Å². The van der Waals surface area contributed by atoms with Crippen LogP contribution in [-0.4, -0.2) is 21.2 Å². The summed E-state index contributed by atoms with van der Waals surface area (Å²) < 4.78 is 6.86. The second-order valence-corrected chi connectivity index (χ2v) is 8.38.